The van der Waals surface area contributed by atoms with Gasteiger partial charge in [0.25, 0.3) is 5.91 Å². The molecule has 1 N–H and O–H groups in total. The molecule has 4 heteroatoms. The van der Waals surface area contributed by atoms with Gasteiger partial charge in [-0.25, -0.2) is 0 Å². The number of rotatable bonds is 7. The highest BCUT2D eigenvalue weighted by molar-refractivity contribution is 9.09. The van der Waals surface area contributed by atoms with Crippen LogP contribution in [0.25, 0.3) is 0 Å². The highest BCUT2D eigenvalue weighted by Crippen LogP contribution is 2.16. The molecule has 1 amide bonds. The molecule has 1 aromatic rings. The summed E-state index contributed by atoms with van der Waals surface area (Å²) in [5.41, 5.74) is 0. The van der Waals surface area contributed by atoms with E-state index in [2.05, 4.69) is 28.2 Å². The Morgan fingerprint density at radius 1 is 1.47 bits per heavy atom. The van der Waals surface area contributed by atoms with E-state index in [1.807, 2.05) is 19.1 Å². The molecule has 0 aliphatic heterocycles. The molecule has 0 aromatic carbocycles. The van der Waals surface area contributed by atoms with Crippen LogP contribution >= 0.6 is 27.3 Å². The van der Waals surface area contributed by atoms with Crippen LogP contribution in [-0.4, -0.2) is 17.8 Å². The Hall–Kier alpha value is -0.350. The Balaban J connectivity index is 2.40. The van der Waals surface area contributed by atoms with Gasteiger partial charge in [-0.2, -0.15) is 0 Å². The quantitative estimate of drug-likeness (QED) is 0.757. The van der Waals surface area contributed by atoms with Crippen molar-refractivity contribution in [1.29, 1.82) is 0 Å². The third kappa shape index (κ3) is 5.21. The van der Waals surface area contributed by atoms with Crippen LogP contribution < -0.4 is 5.32 Å². The molecular formula is C13H20BrNOS. The predicted octanol–water partition coefficient (Wildman–Crippen LogP) is 3.99. The highest BCUT2D eigenvalue weighted by atomic mass is 79.9. The van der Waals surface area contributed by atoms with Gasteiger partial charge in [0, 0.05) is 16.8 Å². The van der Waals surface area contributed by atoms with Crippen molar-refractivity contribution in [2.75, 3.05) is 11.9 Å². The molecule has 1 heterocycles. The number of halogens is 1. The highest BCUT2D eigenvalue weighted by Gasteiger charge is 2.11. The molecule has 96 valence electrons. The molecule has 0 radical (unpaired) electrons. The first kappa shape index (κ1) is 14.7. The summed E-state index contributed by atoms with van der Waals surface area (Å²) in [6.45, 7) is 4.99. The third-order valence-corrected chi connectivity index (χ3v) is 4.19. The van der Waals surface area contributed by atoms with Crippen LogP contribution in [0.2, 0.25) is 0 Å². The maximum Gasteiger partial charge on any atom is 0.261 e. The van der Waals surface area contributed by atoms with Gasteiger partial charge >= 0.3 is 0 Å². The molecule has 1 atom stereocenters. The van der Waals surface area contributed by atoms with Gasteiger partial charge in [-0.3, -0.25) is 4.79 Å². The van der Waals surface area contributed by atoms with E-state index in [1.54, 1.807) is 11.3 Å². The number of carbonyl (C=O) groups excluding carboxylic acids is 1. The number of carbonyl (C=O) groups is 1. The smallest absolute Gasteiger partial charge is 0.261 e. The summed E-state index contributed by atoms with van der Waals surface area (Å²) in [5.74, 6) is 0.656. The number of alkyl halides is 1. The fourth-order valence-electron chi connectivity index (χ4n) is 1.79. The van der Waals surface area contributed by atoms with E-state index in [9.17, 15) is 4.79 Å². The van der Waals surface area contributed by atoms with Gasteiger partial charge in [-0.05, 0) is 37.8 Å². The van der Waals surface area contributed by atoms with Gasteiger partial charge in [0.2, 0.25) is 0 Å². The van der Waals surface area contributed by atoms with Crippen molar-refractivity contribution in [2.45, 2.75) is 33.1 Å². The lowest BCUT2D eigenvalue weighted by Crippen LogP contribution is -2.29. The second kappa shape index (κ2) is 7.88. The number of hydrogen-bond donors (Lipinski definition) is 1. The van der Waals surface area contributed by atoms with Gasteiger partial charge in [0.1, 0.15) is 0 Å². The topological polar surface area (TPSA) is 29.1 Å². The fourth-order valence-corrected chi connectivity index (χ4v) is 3.22. The van der Waals surface area contributed by atoms with Gasteiger partial charge < -0.3 is 5.32 Å². The van der Waals surface area contributed by atoms with Crippen molar-refractivity contribution in [3.05, 3.63) is 21.9 Å². The summed E-state index contributed by atoms with van der Waals surface area (Å²) >= 11 is 5.02. The van der Waals surface area contributed by atoms with Crippen LogP contribution in [0.1, 0.15) is 40.7 Å². The third-order valence-electron chi connectivity index (χ3n) is 2.73. The van der Waals surface area contributed by atoms with Gasteiger partial charge in [-0.15, -0.1) is 11.3 Å². The molecule has 2 nitrogen and oxygen atoms in total. The molecule has 1 unspecified atom stereocenters. The zero-order valence-corrected chi connectivity index (χ0v) is 12.9. The standard InChI is InChI=1S/C13H20BrNOS/c1-3-4-11(7-8-14)9-15-13(16)12-6-5-10(2)17-12/h5-6,11H,3-4,7-9H2,1-2H3,(H,15,16). The molecule has 1 rings (SSSR count). The van der Waals surface area contributed by atoms with E-state index in [0.717, 1.165) is 23.2 Å². The van der Waals surface area contributed by atoms with Crippen molar-refractivity contribution in [2.24, 2.45) is 5.92 Å². The van der Waals surface area contributed by atoms with Crippen LogP contribution in [0, 0.1) is 12.8 Å². The minimum atomic E-state index is 0.0683. The van der Waals surface area contributed by atoms with Crippen LogP contribution in [0.5, 0.6) is 0 Å². The van der Waals surface area contributed by atoms with Crippen molar-refractivity contribution >= 4 is 33.2 Å². The first-order chi connectivity index (χ1) is 8.17. The number of aryl methyl sites for hydroxylation is 1. The van der Waals surface area contributed by atoms with Crippen LogP contribution in [-0.2, 0) is 0 Å². The van der Waals surface area contributed by atoms with E-state index in [0.29, 0.717) is 5.92 Å². The van der Waals surface area contributed by atoms with Crippen molar-refractivity contribution in [3.63, 3.8) is 0 Å². The van der Waals surface area contributed by atoms with E-state index in [-0.39, 0.29) is 5.91 Å². The second-order valence-corrected chi connectivity index (χ2v) is 6.33. The number of thiophene rings is 1. The average molecular weight is 318 g/mol. The van der Waals surface area contributed by atoms with Gasteiger partial charge in [0.15, 0.2) is 0 Å². The summed E-state index contributed by atoms with van der Waals surface area (Å²) in [7, 11) is 0. The number of hydrogen-bond acceptors (Lipinski definition) is 2. The summed E-state index contributed by atoms with van der Waals surface area (Å²) in [4.78, 5) is 13.9. The first-order valence-corrected chi connectivity index (χ1v) is 8.01. The monoisotopic (exact) mass is 317 g/mol. The Morgan fingerprint density at radius 2 is 2.24 bits per heavy atom. The van der Waals surface area contributed by atoms with Crippen molar-refractivity contribution in [1.82, 2.24) is 5.32 Å². The van der Waals surface area contributed by atoms with Crippen LogP contribution in [0.3, 0.4) is 0 Å². The molecule has 0 spiro atoms. The molecule has 17 heavy (non-hydrogen) atoms. The zero-order chi connectivity index (χ0) is 12.7. The maximum atomic E-state index is 11.9. The first-order valence-electron chi connectivity index (χ1n) is 6.08. The molecule has 0 saturated carbocycles. The van der Waals surface area contributed by atoms with Gasteiger partial charge in [0.05, 0.1) is 4.88 Å². The zero-order valence-electron chi connectivity index (χ0n) is 10.5. The minimum Gasteiger partial charge on any atom is -0.351 e. The summed E-state index contributed by atoms with van der Waals surface area (Å²) in [6, 6.07) is 3.89. The Morgan fingerprint density at radius 3 is 2.76 bits per heavy atom. The lowest BCUT2D eigenvalue weighted by molar-refractivity contribution is 0.0950. The Kier molecular flexibility index (Phi) is 6.82. The second-order valence-electron chi connectivity index (χ2n) is 4.25. The van der Waals surface area contributed by atoms with Crippen LogP contribution in [0.15, 0.2) is 12.1 Å². The summed E-state index contributed by atoms with van der Waals surface area (Å²) < 4.78 is 0. The van der Waals surface area contributed by atoms with Crippen molar-refractivity contribution < 1.29 is 4.79 Å². The molecule has 0 bridgehead atoms. The lowest BCUT2D eigenvalue weighted by Gasteiger charge is -2.15. The van der Waals surface area contributed by atoms with Crippen LogP contribution in [0.4, 0.5) is 0 Å². The molecular weight excluding hydrogens is 298 g/mol. The molecule has 0 saturated heterocycles. The SMILES string of the molecule is CCCC(CCBr)CNC(=O)c1ccc(C)s1. The van der Waals surface area contributed by atoms with E-state index in [1.165, 1.54) is 17.7 Å². The van der Waals surface area contributed by atoms with Crippen molar-refractivity contribution in [3.8, 4) is 0 Å². The summed E-state index contributed by atoms with van der Waals surface area (Å²) in [6.07, 6.45) is 3.47. The molecule has 1 aromatic heterocycles. The molecule has 0 aliphatic carbocycles. The largest absolute Gasteiger partial charge is 0.351 e. The fraction of sp³-hybridized carbons (Fsp3) is 0.615. The van der Waals surface area contributed by atoms with E-state index in [4.69, 9.17) is 0 Å². The maximum absolute atomic E-state index is 11.9. The summed E-state index contributed by atoms with van der Waals surface area (Å²) in [5, 5.41) is 4.04. The minimum absolute atomic E-state index is 0.0683. The van der Waals surface area contributed by atoms with E-state index >= 15 is 0 Å². The lowest BCUT2D eigenvalue weighted by atomic mass is 10.0. The number of nitrogens with one attached hydrogen (secondary N) is 1. The Labute approximate surface area is 116 Å². The number of amides is 1. The molecule has 0 fully saturated rings. The van der Waals surface area contributed by atoms with Gasteiger partial charge in [-0.1, -0.05) is 29.3 Å². The normalized spacial score (nSPS) is 12.4. The predicted molar refractivity (Wildman–Crippen MR) is 78.2 cm³/mol. The Bertz CT molecular complexity index is 345. The van der Waals surface area contributed by atoms with E-state index < -0.39 is 0 Å². The molecule has 0 aliphatic rings. The average Bonchev–Trinajstić information content (AvgIpc) is 2.73.